The molecule has 0 aromatic heterocycles. The van der Waals surface area contributed by atoms with Gasteiger partial charge >= 0.3 is 5.97 Å². The van der Waals surface area contributed by atoms with Crippen LogP contribution in [0.4, 0.5) is 22.0 Å². The predicted molar refractivity (Wildman–Crippen MR) is 108 cm³/mol. The number of halogens is 5. The van der Waals surface area contributed by atoms with Crippen LogP contribution < -0.4 is 9.47 Å². The van der Waals surface area contributed by atoms with E-state index in [-0.39, 0.29) is 6.42 Å². The van der Waals surface area contributed by atoms with Crippen LogP contribution >= 0.6 is 0 Å². The predicted octanol–water partition coefficient (Wildman–Crippen LogP) is 6.18. The fourth-order valence-corrected chi connectivity index (χ4v) is 3.06. The van der Waals surface area contributed by atoms with E-state index in [2.05, 4.69) is 6.58 Å². The Morgan fingerprint density at radius 1 is 0.844 bits per heavy atom. The average molecular weight is 448 g/mol. The molecule has 0 radical (unpaired) electrons. The largest absolute Gasteiger partial charge is 0.497 e. The quantitative estimate of drug-likeness (QED) is 0.142. The fraction of sp³-hybridized carbons (Fsp3) is 0.125. The zero-order chi connectivity index (χ0) is 23.4. The lowest BCUT2D eigenvalue weighted by molar-refractivity contribution is -0.136. The van der Waals surface area contributed by atoms with Crippen molar-refractivity contribution < 1.29 is 36.2 Å². The molecule has 0 N–H and O–H groups in total. The van der Waals surface area contributed by atoms with E-state index in [1.54, 1.807) is 42.5 Å². The van der Waals surface area contributed by atoms with E-state index >= 15 is 0 Å². The normalized spacial score (nSPS) is 11.7. The van der Waals surface area contributed by atoms with Crippen molar-refractivity contribution in [2.45, 2.75) is 12.3 Å². The number of rotatable bonds is 7. The van der Waals surface area contributed by atoms with Crippen molar-refractivity contribution in [1.29, 1.82) is 0 Å². The summed E-state index contributed by atoms with van der Waals surface area (Å²) in [6, 6.07) is 15.0. The van der Waals surface area contributed by atoms with E-state index in [1.165, 1.54) is 19.2 Å². The van der Waals surface area contributed by atoms with E-state index in [0.29, 0.717) is 22.4 Å². The molecule has 0 spiro atoms. The van der Waals surface area contributed by atoms with Crippen molar-refractivity contribution in [1.82, 2.24) is 0 Å². The monoisotopic (exact) mass is 448 g/mol. The zero-order valence-electron chi connectivity index (χ0n) is 16.8. The molecule has 0 saturated carbocycles. The lowest BCUT2D eigenvalue weighted by Gasteiger charge is -2.19. The van der Waals surface area contributed by atoms with Crippen LogP contribution in [-0.2, 0) is 4.79 Å². The van der Waals surface area contributed by atoms with Crippen LogP contribution in [-0.4, -0.2) is 13.1 Å². The van der Waals surface area contributed by atoms with Gasteiger partial charge in [-0.05, 0) is 35.3 Å². The first-order valence-corrected chi connectivity index (χ1v) is 9.34. The van der Waals surface area contributed by atoms with E-state index in [4.69, 9.17) is 9.47 Å². The maximum atomic E-state index is 14.0. The molecule has 8 heteroatoms. The topological polar surface area (TPSA) is 35.5 Å². The molecule has 0 amide bonds. The maximum Gasteiger partial charge on any atom is 0.319 e. The van der Waals surface area contributed by atoms with Crippen LogP contribution in [0.25, 0.3) is 5.57 Å². The second kappa shape index (κ2) is 9.64. The number of carbonyl (C=O) groups is 1. The van der Waals surface area contributed by atoms with Gasteiger partial charge in [-0.3, -0.25) is 4.79 Å². The third kappa shape index (κ3) is 4.64. The number of hydrogen-bond acceptors (Lipinski definition) is 3. The summed E-state index contributed by atoms with van der Waals surface area (Å²) in [4.78, 5) is 12.9. The molecule has 0 aliphatic rings. The molecular formula is C24H17F5O3. The molecule has 0 unspecified atom stereocenters. The molecule has 166 valence electrons. The Morgan fingerprint density at radius 3 is 1.91 bits per heavy atom. The second-order valence-corrected chi connectivity index (χ2v) is 6.82. The van der Waals surface area contributed by atoms with Crippen molar-refractivity contribution in [2.24, 2.45) is 0 Å². The summed E-state index contributed by atoms with van der Waals surface area (Å²) in [7, 11) is 1.45. The summed E-state index contributed by atoms with van der Waals surface area (Å²) in [5, 5.41) is 0. The first kappa shape index (κ1) is 23.0. The number of hydrogen-bond donors (Lipinski definition) is 0. The summed E-state index contributed by atoms with van der Waals surface area (Å²) < 4.78 is 78.1. The van der Waals surface area contributed by atoms with Crippen molar-refractivity contribution in [3.8, 4) is 11.5 Å². The Labute approximate surface area is 180 Å². The summed E-state index contributed by atoms with van der Waals surface area (Å²) in [6.07, 6.45) is -0.0371. The average Bonchev–Trinajstić information content (AvgIpc) is 2.83. The van der Waals surface area contributed by atoms with Gasteiger partial charge in [0.05, 0.1) is 13.0 Å². The van der Waals surface area contributed by atoms with Crippen LogP contribution in [0.15, 0.2) is 61.2 Å². The maximum absolute atomic E-state index is 14.0. The molecule has 3 aromatic carbocycles. The van der Waals surface area contributed by atoms with Crippen molar-refractivity contribution in [3.63, 3.8) is 0 Å². The van der Waals surface area contributed by atoms with Gasteiger partial charge in [0, 0.05) is 0 Å². The first-order valence-electron chi connectivity index (χ1n) is 9.34. The minimum absolute atomic E-state index is 0.0371. The third-order valence-electron chi connectivity index (χ3n) is 4.81. The van der Waals surface area contributed by atoms with Crippen LogP contribution in [0.1, 0.15) is 23.5 Å². The summed E-state index contributed by atoms with van der Waals surface area (Å²) >= 11 is 0. The van der Waals surface area contributed by atoms with Gasteiger partial charge in [-0.1, -0.05) is 49.0 Å². The molecule has 0 fully saturated rings. The Kier molecular flexibility index (Phi) is 6.92. The highest BCUT2D eigenvalue weighted by molar-refractivity contribution is 5.83. The van der Waals surface area contributed by atoms with Gasteiger partial charge in [0.15, 0.2) is 0 Å². The number of ether oxygens (including phenoxy) is 2. The molecule has 0 heterocycles. The van der Waals surface area contributed by atoms with Crippen LogP contribution in [0.5, 0.6) is 11.5 Å². The van der Waals surface area contributed by atoms with Crippen molar-refractivity contribution >= 4 is 11.5 Å². The van der Waals surface area contributed by atoms with Gasteiger partial charge < -0.3 is 9.47 Å². The number of methoxy groups -OCH3 is 1. The van der Waals surface area contributed by atoms with Crippen LogP contribution in [0.3, 0.4) is 0 Å². The third-order valence-corrected chi connectivity index (χ3v) is 4.81. The minimum Gasteiger partial charge on any atom is -0.497 e. The highest BCUT2D eigenvalue weighted by Crippen LogP contribution is 2.34. The smallest absolute Gasteiger partial charge is 0.319 e. The lowest BCUT2D eigenvalue weighted by atomic mass is 9.89. The number of esters is 1. The summed E-state index contributed by atoms with van der Waals surface area (Å²) in [6.45, 7) is 3.94. The Balaban J connectivity index is 1.97. The molecule has 3 rings (SSSR count). The summed E-state index contributed by atoms with van der Waals surface area (Å²) in [5.74, 6) is -14.8. The molecule has 0 aliphatic heterocycles. The molecule has 3 aromatic rings. The number of benzene rings is 3. The minimum atomic E-state index is -2.34. The van der Waals surface area contributed by atoms with Gasteiger partial charge in [-0.25, -0.2) is 13.2 Å². The van der Waals surface area contributed by atoms with Gasteiger partial charge in [0.2, 0.25) is 34.8 Å². The zero-order valence-corrected chi connectivity index (χ0v) is 16.8. The Bertz CT molecular complexity index is 1120. The molecule has 1 atom stereocenters. The standard InChI is InChI=1S/C24H17F5O3/c1-13(14-6-4-3-5-7-14)12-17(15-8-10-16(31-2)11-9-15)24(30)32-23-21(28)19(26)18(25)20(27)22(23)29/h3-11,17H,1,12H2,2H3/t17-/m0/s1. The van der Waals surface area contributed by atoms with Crippen molar-refractivity contribution in [3.05, 3.63) is 101 Å². The molecule has 0 saturated heterocycles. The van der Waals surface area contributed by atoms with Gasteiger partial charge in [0.25, 0.3) is 0 Å². The van der Waals surface area contributed by atoms with E-state index in [0.717, 1.165) is 0 Å². The van der Waals surface area contributed by atoms with Gasteiger partial charge in [-0.15, -0.1) is 0 Å². The number of allylic oxidation sites excluding steroid dienone is 1. The van der Waals surface area contributed by atoms with E-state index < -0.39 is 46.7 Å². The molecule has 0 bridgehead atoms. The number of carbonyl (C=O) groups excluding carboxylic acids is 1. The molecule has 0 aliphatic carbocycles. The van der Waals surface area contributed by atoms with Gasteiger partial charge in [-0.2, -0.15) is 8.78 Å². The van der Waals surface area contributed by atoms with Crippen molar-refractivity contribution in [2.75, 3.05) is 7.11 Å². The van der Waals surface area contributed by atoms with Crippen LogP contribution in [0, 0.1) is 29.1 Å². The highest BCUT2D eigenvalue weighted by Gasteiger charge is 2.31. The summed E-state index contributed by atoms with van der Waals surface area (Å²) in [5.41, 5.74) is 1.58. The highest BCUT2D eigenvalue weighted by atomic mass is 19.2. The van der Waals surface area contributed by atoms with E-state index in [1.807, 2.05) is 0 Å². The lowest BCUT2D eigenvalue weighted by Crippen LogP contribution is -2.21. The molecule has 32 heavy (non-hydrogen) atoms. The fourth-order valence-electron chi connectivity index (χ4n) is 3.06. The van der Waals surface area contributed by atoms with Gasteiger partial charge in [0.1, 0.15) is 5.75 Å². The molecule has 3 nitrogen and oxygen atoms in total. The SMILES string of the molecule is C=C(C[C@H](C(=O)Oc1c(F)c(F)c(F)c(F)c1F)c1ccc(OC)cc1)c1ccccc1. The Morgan fingerprint density at radius 2 is 1.38 bits per heavy atom. The second-order valence-electron chi connectivity index (χ2n) is 6.82. The van der Waals surface area contributed by atoms with Crippen LogP contribution in [0.2, 0.25) is 0 Å². The Hall–Kier alpha value is -3.68. The molecular weight excluding hydrogens is 431 g/mol. The van der Waals surface area contributed by atoms with E-state index in [9.17, 15) is 26.7 Å². The first-order chi connectivity index (χ1) is 15.2.